The van der Waals surface area contributed by atoms with E-state index in [-0.39, 0.29) is 18.2 Å². The Morgan fingerprint density at radius 1 is 1.32 bits per heavy atom. The topological polar surface area (TPSA) is 70.4 Å². The largest absolute Gasteiger partial charge is 0.475 e. The molecule has 1 amide bonds. The van der Waals surface area contributed by atoms with Gasteiger partial charge in [0.2, 0.25) is 0 Å². The molecule has 1 heterocycles. The van der Waals surface area contributed by atoms with Crippen LogP contribution in [-0.2, 0) is 4.79 Å². The third kappa shape index (κ3) is 2.45. The summed E-state index contributed by atoms with van der Waals surface area (Å²) in [5, 5.41) is 9.05. The number of Topliss-reactive ketones (excluding diaryl/α,β-unsaturated/α-hetero) is 1. The van der Waals surface area contributed by atoms with Crippen LogP contribution in [0.15, 0.2) is 18.2 Å². The molecular weight excluding hydrogens is 280 g/mol. The zero-order valence-corrected chi connectivity index (χ0v) is 13.2. The summed E-state index contributed by atoms with van der Waals surface area (Å²) < 4.78 is 5.96. The Morgan fingerprint density at radius 3 is 2.55 bits per heavy atom. The molecule has 1 aliphatic rings. The summed E-state index contributed by atoms with van der Waals surface area (Å²) in [5.74, 6) is 0.328. The molecule has 1 aliphatic heterocycles. The average molecular weight is 300 g/mol. The van der Waals surface area contributed by atoms with Crippen molar-refractivity contribution in [3.05, 3.63) is 23.8 Å². The van der Waals surface area contributed by atoms with Gasteiger partial charge in [0, 0.05) is 12.0 Å². The number of benzene rings is 1. The van der Waals surface area contributed by atoms with Crippen LogP contribution in [0.25, 0.3) is 0 Å². The molecule has 0 N–H and O–H groups in total. The third-order valence-electron chi connectivity index (χ3n) is 4.20. The normalized spacial score (nSPS) is 15.7. The summed E-state index contributed by atoms with van der Waals surface area (Å²) >= 11 is 0. The summed E-state index contributed by atoms with van der Waals surface area (Å²) in [5.41, 5.74) is 0.101. The lowest BCUT2D eigenvalue weighted by Crippen LogP contribution is -2.55. The summed E-state index contributed by atoms with van der Waals surface area (Å²) in [7, 11) is 0. The number of ketones is 1. The summed E-state index contributed by atoms with van der Waals surface area (Å²) in [6.07, 6.45) is 1.44. The van der Waals surface area contributed by atoms with Crippen molar-refractivity contribution in [2.45, 2.75) is 45.6 Å². The molecule has 0 radical (unpaired) electrons. The average Bonchev–Trinajstić information content (AvgIpc) is 2.56. The molecule has 116 valence electrons. The number of carbonyl (C=O) groups excluding carboxylic acids is 2. The molecule has 1 aromatic carbocycles. The fourth-order valence-electron chi connectivity index (χ4n) is 2.73. The van der Waals surface area contributed by atoms with Gasteiger partial charge in [-0.25, -0.2) is 0 Å². The summed E-state index contributed by atoms with van der Waals surface area (Å²) in [4.78, 5) is 26.1. The van der Waals surface area contributed by atoms with Crippen LogP contribution in [0.2, 0.25) is 0 Å². The highest BCUT2D eigenvalue weighted by molar-refractivity contribution is 6.05. The highest BCUT2D eigenvalue weighted by Crippen LogP contribution is 2.41. The number of nitriles is 1. The lowest BCUT2D eigenvalue weighted by atomic mass is 9.92. The van der Waals surface area contributed by atoms with Crippen LogP contribution in [0, 0.1) is 11.3 Å². The third-order valence-corrected chi connectivity index (χ3v) is 4.20. The smallest absolute Gasteiger partial charge is 0.272 e. The van der Waals surface area contributed by atoms with E-state index in [0.717, 1.165) is 0 Å². The van der Waals surface area contributed by atoms with E-state index in [0.29, 0.717) is 36.3 Å². The lowest BCUT2D eigenvalue weighted by molar-refractivity contribution is -0.136. The first-order valence-corrected chi connectivity index (χ1v) is 7.58. The standard InChI is InChI=1S/C17H20N2O3/c1-4-14(20)12-7-8-15-13(11-12)19(10-9-18)16(21)17(5-2,6-3)22-15/h7-8,11H,4-6,10H2,1-3H3. The SMILES string of the molecule is CCC(=O)c1ccc2c(c1)N(CC#N)C(=O)C(CC)(CC)O2. The van der Waals surface area contributed by atoms with E-state index in [1.165, 1.54) is 4.90 Å². The number of rotatable bonds is 5. The molecule has 0 aliphatic carbocycles. The van der Waals surface area contributed by atoms with Crippen molar-refractivity contribution < 1.29 is 14.3 Å². The number of fused-ring (bicyclic) bond motifs is 1. The monoisotopic (exact) mass is 300 g/mol. The summed E-state index contributed by atoms with van der Waals surface area (Å²) in [6.45, 7) is 5.52. The molecule has 0 saturated heterocycles. The molecule has 0 spiro atoms. The van der Waals surface area contributed by atoms with Crippen molar-refractivity contribution in [2.75, 3.05) is 11.4 Å². The minimum atomic E-state index is -0.930. The van der Waals surface area contributed by atoms with Crippen molar-refractivity contribution in [1.82, 2.24) is 0 Å². The Hall–Kier alpha value is -2.35. The molecule has 0 bridgehead atoms. The van der Waals surface area contributed by atoms with Gasteiger partial charge in [-0.15, -0.1) is 0 Å². The van der Waals surface area contributed by atoms with E-state index >= 15 is 0 Å². The highest BCUT2D eigenvalue weighted by Gasteiger charge is 2.45. The Bertz CT molecular complexity index is 642. The van der Waals surface area contributed by atoms with Gasteiger partial charge in [-0.3, -0.25) is 14.5 Å². The van der Waals surface area contributed by atoms with E-state index in [1.807, 2.05) is 19.9 Å². The first-order chi connectivity index (χ1) is 10.5. The Balaban J connectivity index is 2.56. The maximum Gasteiger partial charge on any atom is 0.272 e. The van der Waals surface area contributed by atoms with Gasteiger partial charge in [-0.05, 0) is 31.0 Å². The minimum Gasteiger partial charge on any atom is -0.475 e. The molecule has 5 heteroatoms. The second kappa shape index (κ2) is 6.18. The predicted molar refractivity (Wildman–Crippen MR) is 83.0 cm³/mol. The van der Waals surface area contributed by atoms with Crippen LogP contribution in [-0.4, -0.2) is 23.8 Å². The number of ether oxygens (including phenoxy) is 1. The number of amides is 1. The van der Waals surface area contributed by atoms with Gasteiger partial charge in [-0.2, -0.15) is 5.26 Å². The van der Waals surface area contributed by atoms with Crippen LogP contribution < -0.4 is 9.64 Å². The first kappa shape index (κ1) is 16.0. The number of anilines is 1. The zero-order chi connectivity index (χ0) is 16.3. The fourth-order valence-corrected chi connectivity index (χ4v) is 2.73. The lowest BCUT2D eigenvalue weighted by Gasteiger charge is -2.41. The molecule has 5 nitrogen and oxygen atoms in total. The maximum atomic E-state index is 12.8. The van der Waals surface area contributed by atoms with Gasteiger partial charge >= 0.3 is 0 Å². The number of nitrogens with zero attached hydrogens (tertiary/aromatic N) is 2. The number of hydrogen-bond acceptors (Lipinski definition) is 4. The molecule has 2 rings (SSSR count). The van der Waals surface area contributed by atoms with E-state index in [4.69, 9.17) is 10.00 Å². The van der Waals surface area contributed by atoms with E-state index in [9.17, 15) is 9.59 Å². The van der Waals surface area contributed by atoms with Crippen LogP contribution in [0.5, 0.6) is 5.75 Å². The molecule has 1 aromatic rings. The molecule has 22 heavy (non-hydrogen) atoms. The van der Waals surface area contributed by atoms with Gasteiger partial charge in [0.15, 0.2) is 11.4 Å². The van der Waals surface area contributed by atoms with Gasteiger partial charge < -0.3 is 4.74 Å². The van der Waals surface area contributed by atoms with Crippen molar-refractivity contribution >= 4 is 17.4 Å². The van der Waals surface area contributed by atoms with Crippen LogP contribution >= 0.6 is 0 Å². The maximum absolute atomic E-state index is 12.8. The molecule has 0 unspecified atom stereocenters. The highest BCUT2D eigenvalue weighted by atomic mass is 16.5. The second-order valence-corrected chi connectivity index (χ2v) is 5.31. The van der Waals surface area contributed by atoms with Gasteiger partial charge in [0.25, 0.3) is 5.91 Å². The number of carbonyl (C=O) groups is 2. The molecule has 0 saturated carbocycles. The van der Waals surface area contributed by atoms with Gasteiger partial charge in [0.05, 0.1) is 11.8 Å². The van der Waals surface area contributed by atoms with Gasteiger partial charge in [0.1, 0.15) is 12.3 Å². The van der Waals surface area contributed by atoms with Crippen LogP contribution in [0.4, 0.5) is 5.69 Å². The van der Waals surface area contributed by atoms with Crippen LogP contribution in [0.1, 0.15) is 50.4 Å². The summed E-state index contributed by atoms with van der Waals surface area (Å²) in [6, 6.07) is 7.09. The van der Waals surface area contributed by atoms with E-state index in [1.54, 1.807) is 25.1 Å². The fraction of sp³-hybridized carbons (Fsp3) is 0.471. The van der Waals surface area contributed by atoms with Crippen molar-refractivity contribution in [3.63, 3.8) is 0 Å². The quantitative estimate of drug-likeness (QED) is 0.619. The van der Waals surface area contributed by atoms with Gasteiger partial charge in [-0.1, -0.05) is 20.8 Å². The Labute approximate surface area is 130 Å². The van der Waals surface area contributed by atoms with Crippen molar-refractivity contribution in [1.29, 1.82) is 5.26 Å². The molecule has 0 fully saturated rings. The number of hydrogen-bond donors (Lipinski definition) is 0. The molecular formula is C17H20N2O3. The zero-order valence-electron chi connectivity index (χ0n) is 13.2. The second-order valence-electron chi connectivity index (χ2n) is 5.31. The molecule has 0 atom stereocenters. The minimum absolute atomic E-state index is 0.00465. The predicted octanol–water partition coefficient (Wildman–Crippen LogP) is 3.09. The van der Waals surface area contributed by atoms with Crippen molar-refractivity contribution in [2.24, 2.45) is 0 Å². The Morgan fingerprint density at radius 2 is 2.00 bits per heavy atom. The van der Waals surface area contributed by atoms with E-state index < -0.39 is 5.60 Å². The molecule has 0 aromatic heterocycles. The van der Waals surface area contributed by atoms with Crippen molar-refractivity contribution in [3.8, 4) is 11.8 Å². The first-order valence-electron chi connectivity index (χ1n) is 7.58. The van der Waals surface area contributed by atoms with Crippen LogP contribution in [0.3, 0.4) is 0 Å². The Kier molecular flexibility index (Phi) is 4.51. The van der Waals surface area contributed by atoms with E-state index in [2.05, 4.69) is 0 Å².